The third-order valence-electron chi connectivity index (χ3n) is 5.40. The molecule has 2 aromatic rings. The molecule has 3 rings (SSSR count). The molecule has 2 amide bonds. The van der Waals surface area contributed by atoms with Gasteiger partial charge in [-0.2, -0.15) is 0 Å². The quantitative estimate of drug-likeness (QED) is 0.630. The van der Waals surface area contributed by atoms with E-state index in [0.29, 0.717) is 19.4 Å². The van der Waals surface area contributed by atoms with Gasteiger partial charge in [-0.25, -0.2) is 0 Å². The minimum atomic E-state index is -0.548. The summed E-state index contributed by atoms with van der Waals surface area (Å²) in [4.78, 5) is 25.8. The van der Waals surface area contributed by atoms with E-state index in [4.69, 9.17) is 0 Å². The molecule has 2 aromatic carbocycles. The second-order valence-electron chi connectivity index (χ2n) is 8.24. The molecule has 5 nitrogen and oxygen atoms in total. The van der Waals surface area contributed by atoms with Crippen LogP contribution in [0.3, 0.4) is 0 Å². The van der Waals surface area contributed by atoms with Crippen molar-refractivity contribution in [2.24, 2.45) is 5.92 Å². The van der Waals surface area contributed by atoms with Crippen LogP contribution < -0.4 is 16.0 Å². The molecule has 0 fully saturated rings. The molecule has 162 valence electrons. The van der Waals surface area contributed by atoms with Crippen LogP contribution in [0.25, 0.3) is 0 Å². The Morgan fingerprint density at radius 1 is 0.967 bits per heavy atom. The van der Waals surface area contributed by atoms with Crippen LogP contribution in [-0.4, -0.2) is 23.9 Å². The van der Waals surface area contributed by atoms with E-state index >= 15 is 0 Å². The fraction of sp³-hybridized carbons (Fsp3) is 0.417. The zero-order valence-corrected chi connectivity index (χ0v) is 18.7. The van der Waals surface area contributed by atoms with Gasteiger partial charge in [0.05, 0.1) is 12.1 Å². The number of carbonyl (C=O) groups excluding carboxylic acids is 2. The van der Waals surface area contributed by atoms with Gasteiger partial charge >= 0.3 is 0 Å². The highest BCUT2D eigenvalue weighted by molar-refractivity contribution is 5.90. The van der Waals surface area contributed by atoms with Crippen molar-refractivity contribution in [3.8, 4) is 0 Å². The van der Waals surface area contributed by atoms with E-state index in [0.717, 1.165) is 5.56 Å². The number of amides is 2. The maximum absolute atomic E-state index is 12.9. The van der Waals surface area contributed by atoms with E-state index in [1.165, 1.54) is 11.1 Å². The fourth-order valence-electron chi connectivity index (χ4n) is 3.75. The molecule has 0 bridgehead atoms. The van der Waals surface area contributed by atoms with E-state index < -0.39 is 6.04 Å². The summed E-state index contributed by atoms with van der Waals surface area (Å²) in [5.41, 5.74) is 3.46. The lowest BCUT2D eigenvalue weighted by Gasteiger charge is -2.28. The lowest BCUT2D eigenvalue weighted by molar-refractivity contribution is -0.130. The van der Waals surface area contributed by atoms with Crippen LogP contribution in [0, 0.1) is 5.92 Å². The van der Waals surface area contributed by atoms with Crippen LogP contribution in [0.5, 0.6) is 0 Å². The molecule has 1 heterocycles. The van der Waals surface area contributed by atoms with Crippen molar-refractivity contribution in [1.82, 2.24) is 16.0 Å². The lowest BCUT2D eigenvalue weighted by Crippen LogP contribution is -2.54. The zero-order valence-electron chi connectivity index (χ0n) is 17.9. The first-order valence-electron chi connectivity index (χ1n) is 10.4. The Balaban J connectivity index is 0.00000320. The van der Waals surface area contributed by atoms with Gasteiger partial charge in [-0.1, -0.05) is 68.4 Å². The molecule has 0 aromatic heterocycles. The molecule has 0 saturated heterocycles. The lowest BCUT2D eigenvalue weighted by atomic mass is 9.95. The number of rotatable bonds is 7. The van der Waals surface area contributed by atoms with Crippen LogP contribution in [0.4, 0.5) is 0 Å². The average molecular weight is 430 g/mol. The minimum absolute atomic E-state index is 0. The third-order valence-corrected chi connectivity index (χ3v) is 5.40. The Hall–Kier alpha value is -2.37. The molecule has 3 N–H and O–H groups in total. The number of fused-ring (bicyclic) bond motifs is 1. The van der Waals surface area contributed by atoms with Gasteiger partial charge in [-0.05, 0) is 42.4 Å². The highest BCUT2D eigenvalue weighted by Crippen LogP contribution is 2.17. The number of benzene rings is 2. The predicted octanol–water partition coefficient (Wildman–Crippen LogP) is 3.53. The van der Waals surface area contributed by atoms with Gasteiger partial charge in [0.25, 0.3) is 0 Å². The smallest absolute Gasteiger partial charge is 0.243 e. The van der Waals surface area contributed by atoms with Gasteiger partial charge < -0.3 is 16.0 Å². The fourth-order valence-corrected chi connectivity index (χ4v) is 3.75. The molecule has 6 heteroatoms. The maximum atomic E-state index is 12.9. The Bertz CT molecular complexity index is 841. The standard InChI is InChI=1S/C24H31N3O2.ClH/c1-16(2)13-22(24(29)26-17(3)18-9-5-4-6-10-18)27-23(28)21-14-19-11-7-8-12-20(19)15-25-21;/h4-12,16-17,21-22,25H,13-15H2,1-3H3,(H,26,29)(H,27,28);1H/t17?,21-,22-;/m0./s1. The van der Waals surface area contributed by atoms with Crippen LogP contribution in [0.2, 0.25) is 0 Å². The topological polar surface area (TPSA) is 70.2 Å². The van der Waals surface area contributed by atoms with Gasteiger partial charge in [0, 0.05) is 6.54 Å². The van der Waals surface area contributed by atoms with Crippen molar-refractivity contribution >= 4 is 24.2 Å². The van der Waals surface area contributed by atoms with E-state index in [1.54, 1.807) is 0 Å². The molecule has 0 saturated carbocycles. The van der Waals surface area contributed by atoms with Crippen LogP contribution >= 0.6 is 12.4 Å². The summed E-state index contributed by atoms with van der Waals surface area (Å²) in [6.07, 6.45) is 1.24. The summed E-state index contributed by atoms with van der Waals surface area (Å²) >= 11 is 0. The van der Waals surface area contributed by atoms with Crippen molar-refractivity contribution in [2.75, 3.05) is 0 Å². The van der Waals surface area contributed by atoms with Gasteiger partial charge in [0.1, 0.15) is 6.04 Å². The molecule has 1 unspecified atom stereocenters. The molecule has 0 radical (unpaired) electrons. The van der Waals surface area contributed by atoms with E-state index in [9.17, 15) is 9.59 Å². The van der Waals surface area contributed by atoms with Crippen LogP contribution in [-0.2, 0) is 22.6 Å². The Morgan fingerprint density at radius 3 is 2.27 bits per heavy atom. The van der Waals surface area contributed by atoms with Crippen molar-refractivity contribution < 1.29 is 9.59 Å². The largest absolute Gasteiger partial charge is 0.348 e. The number of nitrogens with one attached hydrogen (secondary N) is 3. The normalized spacial score (nSPS) is 17.3. The van der Waals surface area contributed by atoms with Gasteiger partial charge in [0.15, 0.2) is 0 Å². The molecule has 3 atom stereocenters. The highest BCUT2D eigenvalue weighted by Gasteiger charge is 2.29. The summed E-state index contributed by atoms with van der Waals surface area (Å²) < 4.78 is 0. The number of halogens is 1. The third kappa shape index (κ3) is 6.31. The predicted molar refractivity (Wildman–Crippen MR) is 122 cm³/mol. The number of hydrogen-bond acceptors (Lipinski definition) is 3. The van der Waals surface area contributed by atoms with Gasteiger partial charge in [-0.3, -0.25) is 9.59 Å². The SMILES string of the molecule is CC(C)C[C@H](NC(=O)[C@@H]1Cc2ccccc2CN1)C(=O)NC(C)c1ccccc1.Cl. The van der Waals surface area contributed by atoms with Crippen molar-refractivity contribution in [3.63, 3.8) is 0 Å². The summed E-state index contributed by atoms with van der Waals surface area (Å²) in [6, 6.07) is 17.0. The summed E-state index contributed by atoms with van der Waals surface area (Å²) in [5.74, 6) is 0.0328. The van der Waals surface area contributed by atoms with Crippen molar-refractivity contribution in [3.05, 3.63) is 71.3 Å². The first-order valence-corrected chi connectivity index (χ1v) is 10.4. The minimum Gasteiger partial charge on any atom is -0.348 e. The van der Waals surface area contributed by atoms with Crippen LogP contribution in [0.1, 0.15) is 49.9 Å². The highest BCUT2D eigenvalue weighted by atomic mass is 35.5. The molecular weight excluding hydrogens is 398 g/mol. The second-order valence-corrected chi connectivity index (χ2v) is 8.24. The first kappa shape index (κ1) is 23.9. The Morgan fingerprint density at radius 2 is 1.60 bits per heavy atom. The summed E-state index contributed by atoms with van der Waals surface area (Å²) in [6.45, 7) is 6.74. The van der Waals surface area contributed by atoms with Gasteiger partial charge in [-0.15, -0.1) is 12.4 Å². The maximum Gasteiger partial charge on any atom is 0.243 e. The molecule has 1 aliphatic rings. The summed E-state index contributed by atoms with van der Waals surface area (Å²) in [5, 5.41) is 9.34. The second kappa shape index (κ2) is 11.1. The zero-order chi connectivity index (χ0) is 20.8. The average Bonchev–Trinajstić information content (AvgIpc) is 2.73. The van der Waals surface area contributed by atoms with Crippen molar-refractivity contribution in [1.29, 1.82) is 0 Å². The monoisotopic (exact) mass is 429 g/mol. The van der Waals surface area contributed by atoms with Crippen LogP contribution in [0.15, 0.2) is 54.6 Å². The van der Waals surface area contributed by atoms with E-state index in [2.05, 4.69) is 41.9 Å². The van der Waals surface area contributed by atoms with Gasteiger partial charge in [0.2, 0.25) is 11.8 Å². The molecule has 30 heavy (non-hydrogen) atoms. The first-order chi connectivity index (χ1) is 13.9. The Kier molecular flexibility index (Phi) is 8.88. The number of hydrogen-bond donors (Lipinski definition) is 3. The Labute approximate surface area is 185 Å². The van der Waals surface area contributed by atoms with E-state index in [1.807, 2.05) is 49.4 Å². The molecule has 0 aliphatic carbocycles. The number of carbonyl (C=O) groups is 2. The van der Waals surface area contributed by atoms with Crippen molar-refractivity contribution in [2.45, 2.75) is 58.3 Å². The molecular formula is C24H32ClN3O2. The molecule has 1 aliphatic heterocycles. The molecule has 0 spiro atoms. The van der Waals surface area contributed by atoms with E-state index in [-0.39, 0.29) is 42.2 Å². The summed E-state index contributed by atoms with van der Waals surface area (Å²) in [7, 11) is 0.